The number of likely N-dealkylation sites (N-methyl/N-ethyl adjacent to an activating group) is 1. The number of rotatable bonds is 4. The van der Waals surface area contributed by atoms with Gasteiger partial charge >= 0.3 is 0 Å². The molecule has 5 unspecified atom stereocenters. The molecule has 11 nitrogen and oxygen atoms in total. The Bertz CT molecular complexity index is 1040. The zero-order valence-electron chi connectivity index (χ0n) is 18.7. The number of fused-ring (bicyclic) bond motifs is 2. The van der Waals surface area contributed by atoms with E-state index in [9.17, 15) is 20.1 Å². The van der Waals surface area contributed by atoms with E-state index in [0.717, 1.165) is 32.1 Å². The zero-order valence-corrected chi connectivity index (χ0v) is 18.7. The number of nitrogen functional groups attached to an aromatic ring is 1. The van der Waals surface area contributed by atoms with E-state index in [1.165, 1.54) is 17.3 Å². The van der Waals surface area contributed by atoms with Gasteiger partial charge in [-0.2, -0.15) is 0 Å². The quantitative estimate of drug-likeness (QED) is 0.432. The molecule has 5 rings (SSSR count). The largest absolute Gasteiger partial charge is 0.387 e. The highest BCUT2D eigenvalue weighted by Gasteiger charge is 2.50. The minimum absolute atomic E-state index is 0.0745. The molecule has 1 aliphatic heterocycles. The third-order valence-electron chi connectivity index (χ3n) is 7.61. The normalized spacial score (nSPS) is 36.6. The average molecular weight is 461 g/mol. The number of aromatic nitrogens is 4. The molecule has 3 aliphatic rings. The van der Waals surface area contributed by atoms with Crippen molar-refractivity contribution < 1.29 is 24.9 Å². The Hall–Kier alpha value is -2.34. The number of ether oxygens (including phenoxy) is 1. The van der Waals surface area contributed by atoms with Gasteiger partial charge in [0.2, 0.25) is 0 Å². The zero-order chi connectivity index (χ0) is 23.3. The number of nitrogens with two attached hydrogens (primary N) is 1. The molecule has 1 saturated heterocycles. The second-order valence-corrected chi connectivity index (χ2v) is 9.55. The summed E-state index contributed by atoms with van der Waals surface area (Å²) in [6.45, 7) is 2.12. The summed E-state index contributed by atoms with van der Waals surface area (Å²) in [5.74, 6) is 0.402. The second-order valence-electron chi connectivity index (χ2n) is 9.55. The molecule has 2 aromatic rings. The van der Waals surface area contributed by atoms with Crippen molar-refractivity contribution in [3.63, 3.8) is 0 Å². The van der Waals surface area contributed by atoms with E-state index in [4.69, 9.17) is 10.5 Å². The van der Waals surface area contributed by atoms with Gasteiger partial charge in [-0.15, -0.1) is 0 Å². The van der Waals surface area contributed by atoms with E-state index in [0.29, 0.717) is 24.4 Å². The van der Waals surface area contributed by atoms with Crippen LogP contribution in [0.5, 0.6) is 0 Å². The first-order chi connectivity index (χ1) is 15.8. The lowest BCUT2D eigenvalue weighted by atomic mass is 9.63. The number of amides is 1. The highest BCUT2D eigenvalue weighted by molar-refractivity contribution is 5.83. The summed E-state index contributed by atoms with van der Waals surface area (Å²) in [5.41, 5.74) is 5.64. The molecular formula is C22H32N6O5. The molecule has 0 bridgehead atoms. The van der Waals surface area contributed by atoms with Gasteiger partial charge in [-0.25, -0.2) is 15.0 Å². The summed E-state index contributed by atoms with van der Waals surface area (Å²) in [5, 5.41) is 35.4. The van der Waals surface area contributed by atoms with Crippen molar-refractivity contribution in [1.29, 1.82) is 0 Å². The molecule has 3 heterocycles. The first-order valence-electron chi connectivity index (χ1n) is 11.9. The van der Waals surface area contributed by atoms with Gasteiger partial charge in [0.25, 0.3) is 5.91 Å². The molecule has 0 radical (unpaired) electrons. The van der Waals surface area contributed by atoms with Crippen LogP contribution >= 0.6 is 0 Å². The number of imidazole rings is 1. The third-order valence-corrected chi connectivity index (χ3v) is 7.61. The van der Waals surface area contributed by atoms with E-state index in [2.05, 4.69) is 20.3 Å². The number of nitrogens with zero attached hydrogens (tertiary/aromatic N) is 4. The van der Waals surface area contributed by atoms with Gasteiger partial charge in [0.05, 0.1) is 6.33 Å². The summed E-state index contributed by atoms with van der Waals surface area (Å²) < 4.78 is 7.19. The number of anilines is 1. The molecule has 180 valence electrons. The van der Waals surface area contributed by atoms with Gasteiger partial charge in [-0.3, -0.25) is 9.36 Å². The lowest BCUT2D eigenvalue weighted by Crippen LogP contribution is -2.45. The van der Waals surface area contributed by atoms with Gasteiger partial charge in [0.15, 0.2) is 29.6 Å². The van der Waals surface area contributed by atoms with Crippen molar-refractivity contribution in [3.05, 3.63) is 12.2 Å². The first kappa shape index (κ1) is 22.5. The maximum atomic E-state index is 12.3. The lowest BCUT2D eigenvalue weighted by molar-refractivity contribution is -0.137. The Balaban J connectivity index is 1.53. The standard InChI is InChI=1S/C22H32N6O5/c1-2-24-19(31)16-14(29)15(30)20(33-16)28-10-25-13-17(23)26-21(27-18(13)28)22(32)9-5-7-11-6-3-4-8-12(11)22/h10-12,14-16,20,29-30,32H,2-9H2,1H3,(H,24,31)(H2,23,26,27)/t11?,12?,14?,15?,16-,20+,22?/m0/s1. The Kier molecular flexibility index (Phi) is 5.76. The van der Waals surface area contributed by atoms with Crippen LogP contribution in [0.4, 0.5) is 5.82 Å². The maximum Gasteiger partial charge on any atom is 0.252 e. The van der Waals surface area contributed by atoms with Crippen LogP contribution in [0.3, 0.4) is 0 Å². The monoisotopic (exact) mass is 460 g/mol. The predicted molar refractivity (Wildman–Crippen MR) is 118 cm³/mol. The smallest absolute Gasteiger partial charge is 0.252 e. The van der Waals surface area contributed by atoms with E-state index in [1.54, 1.807) is 6.92 Å². The number of aliphatic hydroxyl groups is 3. The van der Waals surface area contributed by atoms with Crippen molar-refractivity contribution in [2.24, 2.45) is 11.8 Å². The summed E-state index contributed by atoms with van der Waals surface area (Å²) in [6.07, 6.45) is 3.11. The molecule has 11 heteroatoms. The van der Waals surface area contributed by atoms with Crippen LogP contribution < -0.4 is 11.1 Å². The van der Waals surface area contributed by atoms with Crippen LogP contribution in [0.1, 0.15) is 63.9 Å². The van der Waals surface area contributed by atoms with Crippen LogP contribution in [0.15, 0.2) is 6.33 Å². The van der Waals surface area contributed by atoms with Crippen LogP contribution in [-0.2, 0) is 15.1 Å². The van der Waals surface area contributed by atoms with Crippen molar-refractivity contribution in [2.45, 2.75) is 82.0 Å². The van der Waals surface area contributed by atoms with Crippen molar-refractivity contribution >= 4 is 22.9 Å². The molecule has 33 heavy (non-hydrogen) atoms. The van der Waals surface area contributed by atoms with Crippen molar-refractivity contribution in [2.75, 3.05) is 12.3 Å². The maximum absolute atomic E-state index is 12.3. The molecule has 7 atom stereocenters. The van der Waals surface area contributed by atoms with Crippen LogP contribution in [0.2, 0.25) is 0 Å². The number of carbonyl (C=O) groups excluding carboxylic acids is 1. The Labute approximate surface area is 191 Å². The molecule has 2 aliphatic carbocycles. The molecule has 2 aromatic heterocycles. The fourth-order valence-electron chi connectivity index (χ4n) is 5.98. The highest BCUT2D eigenvalue weighted by Crippen LogP contribution is 2.50. The average Bonchev–Trinajstić information content (AvgIpc) is 3.36. The summed E-state index contributed by atoms with van der Waals surface area (Å²) in [4.78, 5) is 25.7. The first-order valence-corrected chi connectivity index (χ1v) is 11.9. The number of nitrogens with one attached hydrogen (secondary N) is 1. The molecule has 2 saturated carbocycles. The van der Waals surface area contributed by atoms with Crippen molar-refractivity contribution in [3.8, 4) is 0 Å². The molecular weight excluding hydrogens is 428 g/mol. The van der Waals surface area contributed by atoms with E-state index < -0.39 is 36.0 Å². The fraction of sp³-hybridized carbons (Fsp3) is 0.727. The van der Waals surface area contributed by atoms with Gasteiger partial charge < -0.3 is 31.1 Å². The number of aliphatic hydroxyl groups excluding tert-OH is 2. The third kappa shape index (κ3) is 3.58. The van der Waals surface area contributed by atoms with E-state index in [1.807, 2.05) is 0 Å². The number of hydrogen-bond acceptors (Lipinski definition) is 9. The minimum Gasteiger partial charge on any atom is -0.387 e. The molecule has 0 aromatic carbocycles. The second kappa shape index (κ2) is 8.46. The molecule has 3 fully saturated rings. The molecule has 6 N–H and O–H groups in total. The van der Waals surface area contributed by atoms with Gasteiger partial charge in [-0.05, 0) is 44.4 Å². The predicted octanol–water partition coefficient (Wildman–Crippen LogP) is 0.342. The van der Waals surface area contributed by atoms with Crippen LogP contribution in [0.25, 0.3) is 11.2 Å². The van der Waals surface area contributed by atoms with Gasteiger partial charge in [0, 0.05) is 6.54 Å². The molecule has 1 amide bonds. The Morgan fingerprint density at radius 1 is 1.24 bits per heavy atom. The molecule has 0 spiro atoms. The lowest BCUT2D eigenvalue weighted by Gasteiger charge is -2.46. The Morgan fingerprint density at radius 2 is 2.00 bits per heavy atom. The minimum atomic E-state index is -1.41. The van der Waals surface area contributed by atoms with Gasteiger partial charge in [0.1, 0.15) is 23.3 Å². The summed E-state index contributed by atoms with van der Waals surface area (Å²) >= 11 is 0. The Morgan fingerprint density at radius 3 is 2.79 bits per heavy atom. The summed E-state index contributed by atoms with van der Waals surface area (Å²) in [6, 6.07) is 0. The van der Waals surface area contributed by atoms with Gasteiger partial charge in [-0.1, -0.05) is 19.3 Å². The van der Waals surface area contributed by atoms with E-state index in [-0.39, 0.29) is 23.2 Å². The van der Waals surface area contributed by atoms with Crippen molar-refractivity contribution in [1.82, 2.24) is 24.8 Å². The topological polar surface area (TPSA) is 169 Å². The number of hydrogen-bond donors (Lipinski definition) is 5. The fourth-order valence-corrected chi connectivity index (χ4v) is 5.98. The SMILES string of the molecule is CCNC(=O)[C@H]1O[C@@H](n2cnc3c(N)nc(C4(O)CCCC5CCCCC54)nc32)C(O)C1O. The summed E-state index contributed by atoms with van der Waals surface area (Å²) in [7, 11) is 0. The van der Waals surface area contributed by atoms with Crippen LogP contribution in [-0.4, -0.2) is 65.6 Å². The number of carbonyl (C=O) groups is 1. The van der Waals surface area contributed by atoms with E-state index >= 15 is 0 Å². The highest BCUT2D eigenvalue weighted by atomic mass is 16.6. The van der Waals surface area contributed by atoms with Crippen LogP contribution in [0, 0.1) is 11.8 Å².